The number of piperidine rings is 1. The first kappa shape index (κ1) is 16.8. The Labute approximate surface area is 117 Å². The van der Waals surface area contributed by atoms with Gasteiger partial charge in [0.15, 0.2) is 0 Å². The van der Waals surface area contributed by atoms with E-state index in [4.69, 9.17) is 11.6 Å². The van der Waals surface area contributed by atoms with E-state index in [1.807, 2.05) is 0 Å². The van der Waals surface area contributed by atoms with Crippen LogP contribution in [0.3, 0.4) is 0 Å². The molecule has 100 valence electrons. The minimum atomic E-state index is -0.0932. The van der Waals surface area contributed by atoms with E-state index < -0.39 is 0 Å². The van der Waals surface area contributed by atoms with Crippen LogP contribution >= 0.6 is 36.4 Å². The lowest BCUT2D eigenvalue weighted by Crippen LogP contribution is -2.60. The molecule has 2 heterocycles. The summed E-state index contributed by atoms with van der Waals surface area (Å²) in [5.74, 6) is -0.121. The maximum atomic E-state index is 11.6. The molecule has 2 unspecified atom stereocenters. The monoisotopic (exact) mass is 303 g/mol. The summed E-state index contributed by atoms with van der Waals surface area (Å²) in [6.07, 6.45) is 1.66. The van der Waals surface area contributed by atoms with Crippen molar-refractivity contribution in [1.82, 2.24) is 15.5 Å². The van der Waals surface area contributed by atoms with Crippen molar-refractivity contribution in [2.45, 2.75) is 24.4 Å². The van der Waals surface area contributed by atoms with Crippen LogP contribution in [-0.4, -0.2) is 47.9 Å². The van der Waals surface area contributed by atoms with Gasteiger partial charge in [0.05, 0.1) is 12.7 Å². The molecule has 17 heavy (non-hydrogen) atoms. The summed E-state index contributed by atoms with van der Waals surface area (Å²) in [5.41, 5.74) is 0. The van der Waals surface area contributed by atoms with Crippen molar-refractivity contribution >= 4 is 48.2 Å². The van der Waals surface area contributed by atoms with E-state index >= 15 is 0 Å². The molecule has 2 rings (SSSR count). The molecule has 0 aromatic heterocycles. The van der Waals surface area contributed by atoms with Crippen molar-refractivity contribution in [2.24, 2.45) is 0 Å². The minimum Gasteiger partial charge on any atom is -0.345 e. The van der Waals surface area contributed by atoms with Gasteiger partial charge in [0.2, 0.25) is 11.8 Å². The van der Waals surface area contributed by atoms with Gasteiger partial charge in [-0.2, -0.15) is 0 Å². The molecule has 5 nitrogen and oxygen atoms in total. The quantitative estimate of drug-likeness (QED) is 0.676. The summed E-state index contributed by atoms with van der Waals surface area (Å²) < 4.78 is 0. The fourth-order valence-corrected chi connectivity index (χ4v) is 2.15. The van der Waals surface area contributed by atoms with Gasteiger partial charge in [-0.3, -0.25) is 14.9 Å². The van der Waals surface area contributed by atoms with Crippen LogP contribution in [0.15, 0.2) is 0 Å². The SMILES string of the molecule is Cl.Cl.O=C1CN(C2CCC(Cl)CN2)C(=O)CN1. The third kappa shape index (κ3) is 4.17. The number of carbonyl (C=O) groups excluding carboxylic acids is 2. The molecule has 2 fully saturated rings. The number of alkyl halides is 1. The van der Waals surface area contributed by atoms with E-state index in [0.717, 1.165) is 12.8 Å². The second kappa shape index (κ2) is 7.26. The Morgan fingerprint density at radius 2 is 1.94 bits per heavy atom. The Balaban J connectivity index is 0.00000128. The van der Waals surface area contributed by atoms with Gasteiger partial charge < -0.3 is 10.2 Å². The lowest BCUT2D eigenvalue weighted by atomic mass is 10.1. The van der Waals surface area contributed by atoms with Crippen LogP contribution in [0.2, 0.25) is 0 Å². The van der Waals surface area contributed by atoms with E-state index in [9.17, 15) is 9.59 Å². The molecule has 2 atom stereocenters. The Morgan fingerprint density at radius 1 is 1.24 bits per heavy atom. The van der Waals surface area contributed by atoms with Crippen LogP contribution in [0.4, 0.5) is 0 Å². The van der Waals surface area contributed by atoms with Gasteiger partial charge in [-0.25, -0.2) is 0 Å². The molecule has 0 aromatic carbocycles. The van der Waals surface area contributed by atoms with Gasteiger partial charge in [0.25, 0.3) is 0 Å². The maximum Gasteiger partial charge on any atom is 0.243 e. The first-order valence-corrected chi connectivity index (χ1v) is 5.54. The molecular weight excluding hydrogens is 288 g/mol. The lowest BCUT2D eigenvalue weighted by molar-refractivity contribution is -0.144. The number of hydrogen-bond acceptors (Lipinski definition) is 3. The standard InChI is InChI=1S/C9H14ClN3O2.2ClH/c10-6-1-2-7(11-3-6)13-5-8(14)12-4-9(13)15;;/h6-7,11H,1-5H2,(H,12,14);2*1H. The van der Waals surface area contributed by atoms with Crippen molar-refractivity contribution in [3.8, 4) is 0 Å². The van der Waals surface area contributed by atoms with Gasteiger partial charge in [-0.15, -0.1) is 36.4 Å². The third-order valence-electron chi connectivity index (χ3n) is 2.78. The van der Waals surface area contributed by atoms with Gasteiger partial charge in [-0.05, 0) is 12.8 Å². The predicted octanol–water partition coefficient (Wildman–Crippen LogP) is 0.105. The molecule has 0 aliphatic carbocycles. The molecule has 2 amide bonds. The first-order chi connectivity index (χ1) is 7.16. The van der Waals surface area contributed by atoms with Crippen molar-refractivity contribution in [3.05, 3.63) is 0 Å². The van der Waals surface area contributed by atoms with E-state index in [1.54, 1.807) is 4.90 Å². The predicted molar refractivity (Wildman–Crippen MR) is 69.9 cm³/mol. The summed E-state index contributed by atoms with van der Waals surface area (Å²) >= 11 is 5.94. The van der Waals surface area contributed by atoms with Gasteiger partial charge in [0, 0.05) is 11.9 Å². The summed E-state index contributed by atoms with van der Waals surface area (Å²) in [7, 11) is 0. The molecule has 8 heteroatoms. The number of halogens is 3. The number of nitrogens with zero attached hydrogens (tertiary/aromatic N) is 1. The van der Waals surface area contributed by atoms with Crippen LogP contribution in [0.5, 0.6) is 0 Å². The molecule has 0 saturated carbocycles. The first-order valence-electron chi connectivity index (χ1n) is 5.10. The largest absolute Gasteiger partial charge is 0.345 e. The minimum absolute atomic E-state index is 0. The zero-order chi connectivity index (χ0) is 10.8. The van der Waals surface area contributed by atoms with Crippen molar-refractivity contribution in [3.63, 3.8) is 0 Å². The number of hydrogen-bond donors (Lipinski definition) is 2. The van der Waals surface area contributed by atoms with Crippen LogP contribution in [0, 0.1) is 0 Å². The Morgan fingerprint density at radius 3 is 2.53 bits per heavy atom. The van der Waals surface area contributed by atoms with Crippen molar-refractivity contribution in [2.75, 3.05) is 19.6 Å². The molecule has 0 radical (unpaired) electrons. The van der Waals surface area contributed by atoms with Gasteiger partial charge >= 0.3 is 0 Å². The van der Waals surface area contributed by atoms with E-state index in [-0.39, 0.29) is 61.3 Å². The van der Waals surface area contributed by atoms with Crippen LogP contribution < -0.4 is 10.6 Å². The fraction of sp³-hybridized carbons (Fsp3) is 0.778. The second-order valence-corrected chi connectivity index (χ2v) is 4.51. The van der Waals surface area contributed by atoms with E-state index in [2.05, 4.69) is 10.6 Å². The normalized spacial score (nSPS) is 28.9. The summed E-state index contributed by atoms with van der Waals surface area (Å²) in [5, 5.41) is 5.84. The molecule has 0 bridgehead atoms. The molecule has 2 N–H and O–H groups in total. The molecule has 2 aliphatic heterocycles. The molecule has 0 aromatic rings. The number of amides is 2. The van der Waals surface area contributed by atoms with E-state index in [0.29, 0.717) is 6.54 Å². The molecule has 2 aliphatic rings. The van der Waals surface area contributed by atoms with Crippen LogP contribution in [0.1, 0.15) is 12.8 Å². The second-order valence-electron chi connectivity index (χ2n) is 3.90. The number of rotatable bonds is 1. The number of carbonyl (C=O) groups is 2. The average Bonchev–Trinajstić information content (AvgIpc) is 2.23. The fourth-order valence-electron chi connectivity index (χ4n) is 1.93. The van der Waals surface area contributed by atoms with Crippen LogP contribution in [0.25, 0.3) is 0 Å². The molecule has 2 saturated heterocycles. The zero-order valence-corrected chi connectivity index (χ0v) is 11.5. The lowest BCUT2D eigenvalue weighted by Gasteiger charge is -2.38. The molecule has 0 spiro atoms. The highest BCUT2D eigenvalue weighted by Crippen LogP contribution is 2.16. The Kier molecular flexibility index (Phi) is 7.16. The summed E-state index contributed by atoms with van der Waals surface area (Å²) in [6, 6.07) is 0. The Hall–Kier alpha value is -0.230. The molecular formula is C9H16Cl3N3O2. The van der Waals surface area contributed by atoms with E-state index in [1.165, 1.54) is 0 Å². The zero-order valence-electron chi connectivity index (χ0n) is 9.15. The Bertz CT molecular complexity index is 283. The van der Waals surface area contributed by atoms with Crippen LogP contribution in [-0.2, 0) is 9.59 Å². The highest BCUT2D eigenvalue weighted by atomic mass is 35.5. The topological polar surface area (TPSA) is 61.4 Å². The number of nitrogens with one attached hydrogen (secondary N) is 2. The average molecular weight is 305 g/mol. The highest BCUT2D eigenvalue weighted by molar-refractivity contribution is 6.20. The summed E-state index contributed by atoms with van der Waals surface area (Å²) in [6.45, 7) is 0.961. The van der Waals surface area contributed by atoms with Crippen molar-refractivity contribution in [1.29, 1.82) is 0 Å². The van der Waals surface area contributed by atoms with Gasteiger partial charge in [-0.1, -0.05) is 0 Å². The summed E-state index contributed by atoms with van der Waals surface area (Å²) in [4.78, 5) is 24.3. The van der Waals surface area contributed by atoms with Crippen molar-refractivity contribution < 1.29 is 9.59 Å². The highest BCUT2D eigenvalue weighted by Gasteiger charge is 2.31. The van der Waals surface area contributed by atoms with Gasteiger partial charge in [0.1, 0.15) is 6.54 Å². The smallest absolute Gasteiger partial charge is 0.243 e. The number of piperazine rings is 1. The third-order valence-corrected chi connectivity index (χ3v) is 3.15. The maximum absolute atomic E-state index is 11.6.